The van der Waals surface area contributed by atoms with Crippen molar-refractivity contribution in [1.29, 1.82) is 0 Å². The van der Waals surface area contributed by atoms with E-state index in [1.54, 1.807) is 0 Å². The number of amides is 1. The number of nitrogens with zero attached hydrogens (tertiary/aromatic N) is 1. The molecule has 1 aromatic heterocycles. The molecule has 0 aromatic carbocycles. The minimum atomic E-state index is -1.26. The molecular weight excluding hydrogens is 254 g/mol. The van der Waals surface area contributed by atoms with Crippen LogP contribution in [-0.2, 0) is 4.79 Å². The molecule has 3 rings (SSSR count). The zero-order chi connectivity index (χ0) is 13.8. The van der Waals surface area contributed by atoms with Crippen LogP contribution in [0.1, 0.15) is 12.5 Å². The lowest BCUT2D eigenvalue weighted by Gasteiger charge is -2.28. The van der Waals surface area contributed by atoms with Crippen LogP contribution in [0.25, 0.3) is 0 Å². The van der Waals surface area contributed by atoms with E-state index in [0.717, 1.165) is 0 Å². The van der Waals surface area contributed by atoms with E-state index in [4.69, 9.17) is 0 Å². The van der Waals surface area contributed by atoms with Gasteiger partial charge in [0, 0.05) is 12.3 Å². The third kappa shape index (κ3) is 1.44. The molecule has 1 aliphatic heterocycles. The largest absolute Gasteiger partial charge is 0.395 e. The summed E-state index contributed by atoms with van der Waals surface area (Å²) in [6.45, 7) is -0.481. The third-order valence-corrected chi connectivity index (χ3v) is 4.13. The van der Waals surface area contributed by atoms with E-state index in [1.807, 2.05) is 0 Å². The number of aromatic nitrogens is 2. The average Bonchev–Trinajstić information content (AvgIpc) is 2.77. The minimum Gasteiger partial charge on any atom is -0.395 e. The maximum absolute atomic E-state index is 11.7. The quantitative estimate of drug-likeness (QED) is 0.465. The van der Waals surface area contributed by atoms with E-state index in [2.05, 4.69) is 10.3 Å². The standard InChI is InChI=1S/C11H13N3O5/c15-4-11-3-5(7(8(11)17)13-9(11)18)14-2-1-6(16)12-10(14)19/h1-2,5,7-8,15,17H,3-4H2,(H,13,18)(H,12,16,19)/t5-,7?,8-,11+/m1/s1. The number of aliphatic hydroxyl groups excluding tert-OH is 2. The van der Waals surface area contributed by atoms with Crippen molar-refractivity contribution in [2.24, 2.45) is 5.41 Å². The van der Waals surface area contributed by atoms with Crippen LogP contribution in [0, 0.1) is 5.41 Å². The zero-order valence-electron chi connectivity index (χ0n) is 9.87. The number of hydrogen-bond donors (Lipinski definition) is 4. The summed E-state index contributed by atoms with van der Waals surface area (Å²) >= 11 is 0. The Morgan fingerprint density at radius 1 is 1.42 bits per heavy atom. The second-order valence-corrected chi connectivity index (χ2v) is 5.05. The number of carbonyl (C=O) groups is 1. The first kappa shape index (κ1) is 12.1. The number of fused-ring (bicyclic) bond motifs is 2. The first-order valence-electron chi connectivity index (χ1n) is 5.91. The number of piperidine rings is 1. The van der Waals surface area contributed by atoms with Crippen LogP contribution in [0.15, 0.2) is 21.9 Å². The topological polar surface area (TPSA) is 124 Å². The van der Waals surface area contributed by atoms with Crippen molar-refractivity contribution >= 4 is 5.91 Å². The smallest absolute Gasteiger partial charge is 0.328 e. The van der Waals surface area contributed by atoms with Crippen molar-refractivity contribution in [2.75, 3.05) is 6.61 Å². The fourth-order valence-electron chi connectivity index (χ4n) is 3.06. The summed E-state index contributed by atoms with van der Waals surface area (Å²) in [6, 6.07) is 0.0835. The molecule has 0 radical (unpaired) electrons. The molecule has 4 atom stereocenters. The van der Waals surface area contributed by atoms with Crippen LogP contribution in [0.3, 0.4) is 0 Å². The third-order valence-electron chi connectivity index (χ3n) is 4.13. The minimum absolute atomic E-state index is 0.160. The van der Waals surface area contributed by atoms with Gasteiger partial charge in [0.1, 0.15) is 5.41 Å². The van der Waals surface area contributed by atoms with Crippen molar-refractivity contribution < 1.29 is 15.0 Å². The summed E-state index contributed by atoms with van der Waals surface area (Å²) in [6.07, 6.45) is 0.442. The molecule has 2 aliphatic rings. The number of H-pyrrole nitrogens is 1. The molecule has 2 fully saturated rings. The molecule has 102 valence electrons. The summed E-state index contributed by atoms with van der Waals surface area (Å²) in [7, 11) is 0. The van der Waals surface area contributed by atoms with Gasteiger partial charge in [0.05, 0.1) is 24.8 Å². The van der Waals surface area contributed by atoms with Crippen molar-refractivity contribution in [3.63, 3.8) is 0 Å². The number of aliphatic hydroxyl groups is 2. The van der Waals surface area contributed by atoms with Gasteiger partial charge in [0.2, 0.25) is 5.91 Å². The molecular formula is C11H13N3O5. The summed E-state index contributed by atoms with van der Waals surface area (Å²) < 4.78 is 1.27. The van der Waals surface area contributed by atoms with E-state index in [1.165, 1.54) is 16.8 Å². The van der Waals surface area contributed by atoms with Crippen LogP contribution < -0.4 is 16.6 Å². The van der Waals surface area contributed by atoms with E-state index < -0.39 is 47.4 Å². The van der Waals surface area contributed by atoms with Crippen LogP contribution in [0.2, 0.25) is 0 Å². The van der Waals surface area contributed by atoms with Gasteiger partial charge in [-0.3, -0.25) is 19.1 Å². The summed E-state index contributed by atoms with van der Waals surface area (Å²) in [4.78, 5) is 36.6. The first-order chi connectivity index (χ1) is 8.99. The molecule has 8 nitrogen and oxygen atoms in total. The molecule has 1 amide bonds. The Balaban J connectivity index is 2.04. The number of hydrogen-bond acceptors (Lipinski definition) is 5. The molecule has 19 heavy (non-hydrogen) atoms. The summed E-state index contributed by atoms with van der Waals surface area (Å²) in [5.41, 5.74) is -2.37. The zero-order valence-corrected chi connectivity index (χ0v) is 9.87. The Morgan fingerprint density at radius 3 is 2.74 bits per heavy atom. The van der Waals surface area contributed by atoms with Crippen LogP contribution in [-0.4, -0.2) is 44.4 Å². The highest BCUT2D eigenvalue weighted by Crippen LogP contribution is 2.48. The lowest BCUT2D eigenvalue weighted by molar-refractivity contribution is -0.134. The molecule has 1 saturated carbocycles. The maximum Gasteiger partial charge on any atom is 0.328 e. The van der Waals surface area contributed by atoms with Gasteiger partial charge in [0.15, 0.2) is 0 Å². The van der Waals surface area contributed by atoms with E-state index in [9.17, 15) is 24.6 Å². The first-order valence-corrected chi connectivity index (χ1v) is 5.91. The van der Waals surface area contributed by atoms with Crippen molar-refractivity contribution in [3.05, 3.63) is 33.1 Å². The van der Waals surface area contributed by atoms with Gasteiger partial charge in [-0.1, -0.05) is 0 Å². The molecule has 1 aromatic rings. The highest BCUT2D eigenvalue weighted by Gasteiger charge is 2.64. The van der Waals surface area contributed by atoms with Gasteiger partial charge in [-0.2, -0.15) is 0 Å². The molecule has 4 N–H and O–H groups in total. The number of carbonyl (C=O) groups excluding carboxylic acids is 1. The lowest BCUT2D eigenvalue weighted by Crippen LogP contribution is -2.46. The van der Waals surface area contributed by atoms with E-state index in [-0.39, 0.29) is 6.42 Å². The van der Waals surface area contributed by atoms with Gasteiger partial charge in [-0.05, 0) is 6.42 Å². The Hall–Kier alpha value is -1.93. The van der Waals surface area contributed by atoms with E-state index >= 15 is 0 Å². The van der Waals surface area contributed by atoms with Crippen molar-refractivity contribution in [2.45, 2.75) is 24.6 Å². The van der Waals surface area contributed by atoms with Crippen LogP contribution >= 0.6 is 0 Å². The van der Waals surface area contributed by atoms with Gasteiger partial charge < -0.3 is 15.5 Å². The fourth-order valence-corrected chi connectivity index (χ4v) is 3.06. The van der Waals surface area contributed by atoms with Gasteiger partial charge in [-0.15, -0.1) is 0 Å². The predicted octanol–water partition coefficient (Wildman–Crippen LogP) is -2.68. The fraction of sp³-hybridized carbons (Fsp3) is 0.545. The molecule has 1 saturated heterocycles. The SMILES string of the molecule is O=C1NC2[C@H](n3ccc(=O)[nH]c3=O)C[C@]1(CO)[C@@H]2O. The second kappa shape index (κ2) is 3.78. The van der Waals surface area contributed by atoms with Gasteiger partial charge in [0.25, 0.3) is 5.56 Å². The Morgan fingerprint density at radius 2 is 2.16 bits per heavy atom. The van der Waals surface area contributed by atoms with Crippen molar-refractivity contribution in [3.8, 4) is 0 Å². The Kier molecular flexibility index (Phi) is 2.41. The highest BCUT2D eigenvalue weighted by atomic mass is 16.3. The maximum atomic E-state index is 11.7. The summed E-state index contributed by atoms with van der Waals surface area (Å²) in [5.74, 6) is -0.402. The van der Waals surface area contributed by atoms with Gasteiger partial charge in [-0.25, -0.2) is 4.79 Å². The average molecular weight is 267 g/mol. The van der Waals surface area contributed by atoms with Crippen molar-refractivity contribution in [1.82, 2.24) is 14.9 Å². The number of aromatic amines is 1. The van der Waals surface area contributed by atoms with Crippen LogP contribution in [0.5, 0.6) is 0 Å². The van der Waals surface area contributed by atoms with Crippen LogP contribution in [0.4, 0.5) is 0 Å². The molecule has 0 spiro atoms. The second-order valence-electron chi connectivity index (χ2n) is 5.05. The monoisotopic (exact) mass is 267 g/mol. The molecule has 2 heterocycles. The normalized spacial score (nSPS) is 36.5. The molecule has 1 unspecified atom stereocenters. The lowest BCUT2D eigenvalue weighted by atomic mass is 9.85. The van der Waals surface area contributed by atoms with Gasteiger partial charge >= 0.3 is 5.69 Å². The number of nitrogens with one attached hydrogen (secondary N) is 2. The van der Waals surface area contributed by atoms with E-state index in [0.29, 0.717) is 0 Å². The number of rotatable bonds is 2. The molecule has 1 aliphatic carbocycles. The molecule has 2 bridgehead atoms. The molecule has 8 heteroatoms. The Labute approximate surface area is 106 Å². The predicted molar refractivity (Wildman–Crippen MR) is 62.4 cm³/mol. The Bertz CT molecular complexity index is 650. The summed E-state index contributed by atoms with van der Waals surface area (Å²) in [5, 5.41) is 22.1. The highest BCUT2D eigenvalue weighted by molar-refractivity contribution is 5.88.